The van der Waals surface area contributed by atoms with E-state index in [4.69, 9.17) is 18.6 Å². The Kier molecular flexibility index (Phi) is 7.71. The molecule has 0 spiro atoms. The Morgan fingerprint density at radius 1 is 0.875 bits per heavy atom. The summed E-state index contributed by atoms with van der Waals surface area (Å²) in [4.78, 5) is 13.5. The second kappa shape index (κ2) is 10.9. The average molecular weight is 564 g/mol. The molecule has 2 fully saturated rings. The van der Waals surface area contributed by atoms with E-state index in [9.17, 15) is 50.8 Å². The van der Waals surface area contributed by atoms with E-state index in [2.05, 4.69) is 0 Å². The lowest BCUT2D eigenvalue weighted by atomic mass is 9.92. The molecule has 0 saturated carbocycles. The highest BCUT2D eigenvalue weighted by Gasteiger charge is 2.47. The van der Waals surface area contributed by atoms with Crippen molar-refractivity contribution in [1.82, 2.24) is 0 Å². The van der Waals surface area contributed by atoms with E-state index in [0.29, 0.717) is 5.56 Å². The minimum absolute atomic E-state index is 0.0252. The highest BCUT2D eigenvalue weighted by Crippen LogP contribution is 2.45. The van der Waals surface area contributed by atoms with Crippen LogP contribution < -0.4 is 10.2 Å². The maximum absolute atomic E-state index is 13.5. The molecule has 3 aromatic rings. The van der Waals surface area contributed by atoms with Crippen molar-refractivity contribution in [2.75, 3.05) is 13.2 Å². The Labute approximate surface area is 225 Å². The first-order chi connectivity index (χ1) is 19.0. The summed E-state index contributed by atoms with van der Waals surface area (Å²) in [5.74, 6) is -1.12. The van der Waals surface area contributed by atoms with E-state index >= 15 is 0 Å². The molecule has 0 bridgehead atoms. The lowest BCUT2D eigenvalue weighted by Crippen LogP contribution is -2.60. The first kappa shape index (κ1) is 28.2. The van der Waals surface area contributed by atoms with Gasteiger partial charge in [0, 0.05) is 17.7 Å². The second-order valence-corrected chi connectivity index (χ2v) is 9.65. The SMILES string of the molecule is O=c1cc(-c2ccc(O)cc2)oc2cc(O)c([C@@H]3OC[C@@H](O)[C@H](O)[C@H]3O)c(O[C@@H]3O[C@H](CO)[C@@H](O)[C@@H](O)[C@H]3O)c12. The molecule has 216 valence electrons. The van der Waals surface area contributed by atoms with Gasteiger partial charge in [-0.2, -0.15) is 0 Å². The highest BCUT2D eigenvalue weighted by molar-refractivity contribution is 5.88. The Morgan fingerprint density at radius 3 is 2.25 bits per heavy atom. The van der Waals surface area contributed by atoms with Crippen LogP contribution in [-0.2, 0) is 9.47 Å². The molecule has 0 amide bonds. The fraction of sp³-hybridized carbons (Fsp3) is 0.423. The number of benzene rings is 2. The van der Waals surface area contributed by atoms with Crippen LogP contribution in [0, 0.1) is 0 Å². The van der Waals surface area contributed by atoms with Gasteiger partial charge in [0.25, 0.3) is 0 Å². The van der Waals surface area contributed by atoms with Crippen LogP contribution in [0.15, 0.2) is 45.6 Å². The van der Waals surface area contributed by atoms with Gasteiger partial charge < -0.3 is 64.6 Å². The molecule has 9 atom stereocenters. The van der Waals surface area contributed by atoms with E-state index in [0.717, 1.165) is 12.1 Å². The van der Waals surface area contributed by atoms with Crippen LogP contribution in [0.4, 0.5) is 0 Å². The van der Waals surface area contributed by atoms with Gasteiger partial charge in [-0.3, -0.25) is 4.79 Å². The number of aliphatic hydroxyl groups excluding tert-OH is 7. The van der Waals surface area contributed by atoms with Crippen LogP contribution in [0.25, 0.3) is 22.3 Å². The number of aromatic hydroxyl groups is 2. The summed E-state index contributed by atoms with van der Waals surface area (Å²) in [6.45, 7) is -1.24. The number of aliphatic hydroxyl groups is 7. The quantitative estimate of drug-likeness (QED) is 0.166. The fourth-order valence-electron chi connectivity index (χ4n) is 4.80. The first-order valence-electron chi connectivity index (χ1n) is 12.3. The normalized spacial score (nSPS) is 32.7. The molecule has 2 aliphatic heterocycles. The monoisotopic (exact) mass is 564 g/mol. The molecule has 5 rings (SSSR count). The molecule has 3 heterocycles. The van der Waals surface area contributed by atoms with Gasteiger partial charge in [0.05, 0.1) is 18.8 Å². The summed E-state index contributed by atoms with van der Waals surface area (Å²) >= 11 is 0. The van der Waals surface area contributed by atoms with Gasteiger partial charge >= 0.3 is 0 Å². The lowest BCUT2D eigenvalue weighted by Gasteiger charge is -2.40. The third-order valence-electron chi connectivity index (χ3n) is 7.01. The molecule has 0 radical (unpaired) electrons. The van der Waals surface area contributed by atoms with E-state index in [1.165, 1.54) is 24.3 Å². The minimum atomic E-state index is -1.91. The van der Waals surface area contributed by atoms with E-state index < -0.39 is 85.3 Å². The van der Waals surface area contributed by atoms with Crippen molar-refractivity contribution in [3.8, 4) is 28.6 Å². The number of fused-ring (bicyclic) bond motifs is 1. The van der Waals surface area contributed by atoms with Crippen molar-refractivity contribution < 1.29 is 64.6 Å². The zero-order valence-corrected chi connectivity index (χ0v) is 20.6. The number of ether oxygens (including phenoxy) is 3. The molecule has 9 N–H and O–H groups in total. The van der Waals surface area contributed by atoms with Crippen LogP contribution >= 0.6 is 0 Å². The van der Waals surface area contributed by atoms with Gasteiger partial charge in [0.15, 0.2) is 5.43 Å². The number of phenols is 2. The van der Waals surface area contributed by atoms with Crippen molar-refractivity contribution in [1.29, 1.82) is 0 Å². The van der Waals surface area contributed by atoms with Crippen molar-refractivity contribution in [2.24, 2.45) is 0 Å². The highest BCUT2D eigenvalue weighted by atomic mass is 16.7. The summed E-state index contributed by atoms with van der Waals surface area (Å²) in [5, 5.41) is 91.6. The van der Waals surface area contributed by atoms with Crippen LogP contribution in [0.1, 0.15) is 11.7 Å². The van der Waals surface area contributed by atoms with E-state index in [1.54, 1.807) is 0 Å². The Hall–Kier alpha value is -3.31. The second-order valence-electron chi connectivity index (χ2n) is 9.65. The summed E-state index contributed by atoms with van der Waals surface area (Å²) in [6.07, 6.45) is -15.2. The Bertz CT molecular complexity index is 1420. The summed E-state index contributed by atoms with van der Waals surface area (Å²) in [7, 11) is 0. The smallest absolute Gasteiger partial charge is 0.229 e. The average Bonchev–Trinajstić information content (AvgIpc) is 2.92. The van der Waals surface area contributed by atoms with Crippen LogP contribution in [-0.4, -0.2) is 108 Å². The predicted octanol–water partition coefficient (Wildman–Crippen LogP) is -1.80. The number of rotatable bonds is 5. The predicted molar refractivity (Wildman–Crippen MR) is 132 cm³/mol. The molecule has 0 unspecified atom stereocenters. The van der Waals surface area contributed by atoms with Crippen molar-refractivity contribution in [3.63, 3.8) is 0 Å². The van der Waals surface area contributed by atoms with Gasteiger partial charge in [-0.05, 0) is 24.3 Å². The number of phenolic OH excluding ortho intramolecular Hbond substituents is 2. The van der Waals surface area contributed by atoms with E-state index in [1.807, 2.05) is 0 Å². The van der Waals surface area contributed by atoms with Crippen molar-refractivity contribution in [2.45, 2.75) is 55.1 Å². The molecule has 14 nitrogen and oxygen atoms in total. The van der Waals surface area contributed by atoms with Crippen LogP contribution in [0.3, 0.4) is 0 Å². The number of hydrogen-bond acceptors (Lipinski definition) is 14. The molecular formula is C26H28O14. The fourth-order valence-corrected chi connectivity index (χ4v) is 4.80. The van der Waals surface area contributed by atoms with E-state index in [-0.39, 0.29) is 28.0 Å². The van der Waals surface area contributed by atoms with Crippen molar-refractivity contribution >= 4 is 11.0 Å². The molecular weight excluding hydrogens is 536 g/mol. The Balaban J connectivity index is 1.69. The standard InChI is InChI=1S/C26H28O14/c27-7-16-20(33)21(34)23(36)26(39-16)40-24-17-11(29)5-14(9-1-3-10(28)4-2-9)38-15(17)6-12(30)18(24)25-22(35)19(32)13(31)8-37-25/h1-6,13,16,19-23,25-28,30-36H,7-8H2/t13-,16-,19+,20-,21-,22-,23-,25+,26+/m1/s1. The molecule has 40 heavy (non-hydrogen) atoms. The minimum Gasteiger partial charge on any atom is -0.508 e. The third-order valence-corrected chi connectivity index (χ3v) is 7.01. The Morgan fingerprint density at radius 2 is 1.57 bits per heavy atom. The maximum Gasteiger partial charge on any atom is 0.229 e. The molecule has 0 aliphatic carbocycles. The summed E-state index contributed by atoms with van der Waals surface area (Å²) in [6, 6.07) is 7.84. The zero-order chi connectivity index (χ0) is 28.9. The molecule has 2 aromatic carbocycles. The molecule has 2 aliphatic rings. The summed E-state index contributed by atoms with van der Waals surface area (Å²) in [5.41, 5.74) is -0.911. The van der Waals surface area contributed by atoms with Crippen molar-refractivity contribution in [3.05, 3.63) is 52.2 Å². The topological polar surface area (TPSA) is 240 Å². The zero-order valence-electron chi connectivity index (χ0n) is 20.6. The van der Waals surface area contributed by atoms with Crippen LogP contribution in [0.5, 0.6) is 17.2 Å². The van der Waals surface area contributed by atoms with Gasteiger partial charge in [-0.15, -0.1) is 0 Å². The van der Waals surface area contributed by atoms with Gasteiger partial charge in [-0.25, -0.2) is 0 Å². The van der Waals surface area contributed by atoms with Gasteiger partial charge in [0.2, 0.25) is 6.29 Å². The molecule has 1 aromatic heterocycles. The lowest BCUT2D eigenvalue weighted by molar-refractivity contribution is -0.277. The largest absolute Gasteiger partial charge is 0.508 e. The van der Waals surface area contributed by atoms with Gasteiger partial charge in [0.1, 0.15) is 82.8 Å². The first-order valence-corrected chi connectivity index (χ1v) is 12.3. The molecule has 14 heteroatoms. The van der Waals surface area contributed by atoms with Crippen LogP contribution in [0.2, 0.25) is 0 Å². The summed E-state index contributed by atoms with van der Waals surface area (Å²) < 4.78 is 22.5. The third kappa shape index (κ3) is 4.89. The maximum atomic E-state index is 13.5. The number of hydrogen-bond donors (Lipinski definition) is 9. The molecule has 2 saturated heterocycles. The van der Waals surface area contributed by atoms with Gasteiger partial charge in [-0.1, -0.05) is 0 Å².